The van der Waals surface area contributed by atoms with Crippen molar-refractivity contribution in [2.75, 3.05) is 13.1 Å². The molecule has 0 saturated carbocycles. The molecular weight excluding hydrogens is 210 g/mol. The number of rotatable bonds is 2. The zero-order valence-corrected chi connectivity index (χ0v) is 11.3. The van der Waals surface area contributed by atoms with Gasteiger partial charge < -0.3 is 5.32 Å². The Kier molecular flexibility index (Phi) is 3.50. The first-order chi connectivity index (χ1) is 7.99. The quantitative estimate of drug-likeness (QED) is 0.849. The van der Waals surface area contributed by atoms with Gasteiger partial charge in [0, 0.05) is 36.9 Å². The minimum absolute atomic E-state index is 0.190. The number of hydrogen-bond donors (Lipinski definition) is 1. The third kappa shape index (κ3) is 2.85. The van der Waals surface area contributed by atoms with Crippen LogP contribution in [0.25, 0.3) is 0 Å². The van der Waals surface area contributed by atoms with Crippen molar-refractivity contribution in [1.82, 2.24) is 15.2 Å². The van der Waals surface area contributed by atoms with E-state index in [1.807, 2.05) is 12.3 Å². The van der Waals surface area contributed by atoms with E-state index in [9.17, 15) is 0 Å². The van der Waals surface area contributed by atoms with E-state index >= 15 is 0 Å². The second kappa shape index (κ2) is 4.75. The molecule has 2 unspecified atom stereocenters. The SMILES string of the molecule is CC1CNC(C)(C)CN1C(C)c1ccccn1. The molecule has 0 aromatic carbocycles. The molecule has 2 rings (SSSR count). The van der Waals surface area contributed by atoms with Crippen LogP contribution >= 0.6 is 0 Å². The summed E-state index contributed by atoms with van der Waals surface area (Å²) in [7, 11) is 0. The fourth-order valence-electron chi connectivity index (χ4n) is 2.52. The van der Waals surface area contributed by atoms with Crippen molar-refractivity contribution >= 4 is 0 Å². The second-order valence-electron chi connectivity index (χ2n) is 5.72. The average molecular weight is 233 g/mol. The van der Waals surface area contributed by atoms with Crippen molar-refractivity contribution in [3.05, 3.63) is 30.1 Å². The Bertz CT molecular complexity index is 361. The summed E-state index contributed by atoms with van der Waals surface area (Å²) in [4.78, 5) is 7.01. The van der Waals surface area contributed by atoms with Gasteiger partial charge in [0.2, 0.25) is 0 Å². The monoisotopic (exact) mass is 233 g/mol. The molecule has 0 radical (unpaired) electrons. The Morgan fingerprint density at radius 1 is 1.47 bits per heavy atom. The fraction of sp³-hybridized carbons (Fsp3) is 0.643. The van der Waals surface area contributed by atoms with E-state index in [4.69, 9.17) is 0 Å². The number of pyridine rings is 1. The van der Waals surface area contributed by atoms with Crippen molar-refractivity contribution < 1.29 is 0 Å². The lowest BCUT2D eigenvalue weighted by molar-refractivity contribution is 0.0673. The number of nitrogens with zero attached hydrogens (tertiary/aromatic N) is 2. The van der Waals surface area contributed by atoms with Gasteiger partial charge in [-0.3, -0.25) is 9.88 Å². The number of hydrogen-bond acceptors (Lipinski definition) is 3. The van der Waals surface area contributed by atoms with Crippen molar-refractivity contribution in [3.63, 3.8) is 0 Å². The Balaban J connectivity index is 2.15. The Hall–Kier alpha value is -0.930. The van der Waals surface area contributed by atoms with Crippen molar-refractivity contribution in [3.8, 4) is 0 Å². The molecule has 0 amide bonds. The summed E-state index contributed by atoms with van der Waals surface area (Å²) in [5.41, 5.74) is 1.35. The van der Waals surface area contributed by atoms with Crippen LogP contribution in [0, 0.1) is 0 Å². The Morgan fingerprint density at radius 2 is 2.24 bits per heavy atom. The summed E-state index contributed by atoms with van der Waals surface area (Å²) in [6, 6.07) is 7.09. The molecule has 0 spiro atoms. The molecule has 1 saturated heterocycles. The molecule has 1 aliphatic heterocycles. The summed E-state index contributed by atoms with van der Waals surface area (Å²) < 4.78 is 0. The summed E-state index contributed by atoms with van der Waals surface area (Å²) in [6.07, 6.45) is 1.88. The molecule has 17 heavy (non-hydrogen) atoms. The zero-order chi connectivity index (χ0) is 12.5. The lowest BCUT2D eigenvalue weighted by Gasteiger charge is -2.46. The van der Waals surface area contributed by atoms with Crippen LogP contribution in [-0.4, -0.2) is 34.6 Å². The van der Waals surface area contributed by atoms with Gasteiger partial charge >= 0.3 is 0 Å². The lowest BCUT2D eigenvalue weighted by Crippen LogP contribution is -2.61. The van der Waals surface area contributed by atoms with Crippen LogP contribution in [0.2, 0.25) is 0 Å². The molecule has 1 aromatic rings. The van der Waals surface area contributed by atoms with E-state index in [1.165, 1.54) is 0 Å². The van der Waals surface area contributed by atoms with Gasteiger partial charge in [0.15, 0.2) is 0 Å². The molecule has 0 bridgehead atoms. The van der Waals surface area contributed by atoms with Gasteiger partial charge in [-0.2, -0.15) is 0 Å². The highest BCUT2D eigenvalue weighted by Crippen LogP contribution is 2.25. The summed E-state index contributed by atoms with van der Waals surface area (Å²) >= 11 is 0. The molecule has 3 nitrogen and oxygen atoms in total. The average Bonchev–Trinajstić information content (AvgIpc) is 2.33. The molecule has 1 N–H and O–H groups in total. The first-order valence-electron chi connectivity index (χ1n) is 6.41. The molecule has 94 valence electrons. The van der Waals surface area contributed by atoms with Gasteiger partial charge in [-0.1, -0.05) is 6.07 Å². The first-order valence-corrected chi connectivity index (χ1v) is 6.41. The smallest absolute Gasteiger partial charge is 0.0572 e. The Labute approximate surface area is 104 Å². The van der Waals surface area contributed by atoms with Crippen LogP contribution in [0.3, 0.4) is 0 Å². The summed E-state index contributed by atoms with van der Waals surface area (Å²) in [6.45, 7) is 11.2. The van der Waals surface area contributed by atoms with Crippen molar-refractivity contribution in [2.45, 2.75) is 45.3 Å². The largest absolute Gasteiger partial charge is 0.309 e. The maximum Gasteiger partial charge on any atom is 0.0572 e. The third-order valence-electron chi connectivity index (χ3n) is 3.63. The molecule has 2 atom stereocenters. The topological polar surface area (TPSA) is 28.2 Å². The fourth-order valence-corrected chi connectivity index (χ4v) is 2.52. The van der Waals surface area contributed by atoms with Gasteiger partial charge in [-0.15, -0.1) is 0 Å². The number of nitrogens with one attached hydrogen (secondary N) is 1. The minimum Gasteiger partial charge on any atom is -0.309 e. The maximum atomic E-state index is 4.47. The number of aromatic nitrogens is 1. The van der Waals surface area contributed by atoms with Gasteiger partial charge in [-0.25, -0.2) is 0 Å². The highest BCUT2D eigenvalue weighted by molar-refractivity contribution is 5.09. The second-order valence-corrected chi connectivity index (χ2v) is 5.72. The van der Waals surface area contributed by atoms with E-state index in [0.717, 1.165) is 18.8 Å². The van der Waals surface area contributed by atoms with Gasteiger partial charge in [0.25, 0.3) is 0 Å². The minimum atomic E-state index is 0.190. The third-order valence-corrected chi connectivity index (χ3v) is 3.63. The molecule has 2 heterocycles. The van der Waals surface area contributed by atoms with Crippen LogP contribution in [0.4, 0.5) is 0 Å². The van der Waals surface area contributed by atoms with E-state index < -0.39 is 0 Å². The molecule has 3 heteroatoms. The zero-order valence-electron chi connectivity index (χ0n) is 11.3. The summed E-state index contributed by atoms with van der Waals surface area (Å²) in [5, 5.41) is 3.58. The van der Waals surface area contributed by atoms with E-state index in [1.54, 1.807) is 0 Å². The molecular formula is C14H23N3. The highest BCUT2D eigenvalue weighted by Gasteiger charge is 2.33. The van der Waals surface area contributed by atoms with Crippen molar-refractivity contribution in [1.29, 1.82) is 0 Å². The molecule has 1 aliphatic rings. The molecule has 0 aliphatic carbocycles. The van der Waals surface area contributed by atoms with Gasteiger partial charge in [0.1, 0.15) is 0 Å². The Morgan fingerprint density at radius 3 is 2.88 bits per heavy atom. The molecule has 1 fully saturated rings. The van der Waals surface area contributed by atoms with Crippen molar-refractivity contribution in [2.24, 2.45) is 0 Å². The van der Waals surface area contributed by atoms with Crippen LogP contribution in [-0.2, 0) is 0 Å². The van der Waals surface area contributed by atoms with Crippen LogP contribution in [0.5, 0.6) is 0 Å². The van der Waals surface area contributed by atoms with Crippen LogP contribution < -0.4 is 5.32 Å². The predicted molar refractivity (Wildman–Crippen MR) is 70.9 cm³/mol. The van der Waals surface area contributed by atoms with Crippen LogP contribution in [0.15, 0.2) is 24.4 Å². The van der Waals surface area contributed by atoms with E-state index in [0.29, 0.717) is 12.1 Å². The van der Waals surface area contributed by atoms with Gasteiger partial charge in [0.05, 0.1) is 5.69 Å². The summed E-state index contributed by atoms with van der Waals surface area (Å²) in [5.74, 6) is 0. The standard InChI is InChI=1S/C14H23N3/c1-11-9-16-14(3,4)10-17(11)12(2)13-7-5-6-8-15-13/h5-8,11-12,16H,9-10H2,1-4H3. The molecule has 1 aromatic heterocycles. The number of piperazine rings is 1. The predicted octanol–water partition coefficient (Wildman–Crippen LogP) is 2.21. The van der Waals surface area contributed by atoms with E-state index in [-0.39, 0.29) is 5.54 Å². The van der Waals surface area contributed by atoms with Crippen LogP contribution in [0.1, 0.15) is 39.4 Å². The lowest BCUT2D eigenvalue weighted by atomic mass is 9.97. The van der Waals surface area contributed by atoms with Gasteiger partial charge in [-0.05, 0) is 39.8 Å². The first kappa shape index (κ1) is 12.5. The van der Waals surface area contributed by atoms with E-state index in [2.05, 4.69) is 55.0 Å². The normalized spacial score (nSPS) is 26.7. The maximum absolute atomic E-state index is 4.47. The highest BCUT2D eigenvalue weighted by atomic mass is 15.3.